The Labute approximate surface area is 201 Å². The second-order valence-electron chi connectivity index (χ2n) is 8.74. The van der Waals surface area contributed by atoms with Crippen LogP contribution in [-0.4, -0.2) is 16.9 Å². The average Bonchev–Trinajstić information content (AvgIpc) is 3.26. The fraction of sp³-hybridized carbons (Fsp3) is 0.276. The molecule has 0 radical (unpaired) electrons. The number of rotatable bonds is 9. The predicted octanol–water partition coefficient (Wildman–Crippen LogP) is 7.04. The van der Waals surface area contributed by atoms with E-state index in [2.05, 4.69) is 72.8 Å². The number of halogens is 1. The SMILES string of the molecule is CCc1cccc2c([C@H](CC(=O)N[C@@H](C)CCc3ccccc3)c3ccc(Cl)cc3)c[nH]c12. The van der Waals surface area contributed by atoms with Gasteiger partial charge in [-0.3, -0.25) is 4.79 Å². The van der Waals surface area contributed by atoms with Gasteiger partial charge in [0.25, 0.3) is 0 Å². The Bertz CT molecular complexity index is 1200. The second-order valence-corrected chi connectivity index (χ2v) is 9.17. The van der Waals surface area contributed by atoms with Crippen LogP contribution in [0.2, 0.25) is 5.02 Å². The molecule has 4 aromatic rings. The van der Waals surface area contributed by atoms with Crippen LogP contribution in [0.3, 0.4) is 0 Å². The Morgan fingerprint density at radius 3 is 2.48 bits per heavy atom. The molecule has 0 saturated heterocycles. The second kappa shape index (κ2) is 10.7. The lowest BCUT2D eigenvalue weighted by Gasteiger charge is -2.20. The van der Waals surface area contributed by atoms with E-state index < -0.39 is 0 Å². The number of benzene rings is 3. The lowest BCUT2D eigenvalue weighted by Crippen LogP contribution is -2.33. The first-order valence-corrected chi connectivity index (χ1v) is 12.1. The van der Waals surface area contributed by atoms with Gasteiger partial charge in [-0.1, -0.05) is 79.2 Å². The zero-order valence-electron chi connectivity index (χ0n) is 19.3. The van der Waals surface area contributed by atoms with Crippen LogP contribution in [0.25, 0.3) is 10.9 Å². The molecule has 1 amide bonds. The first kappa shape index (κ1) is 23.1. The summed E-state index contributed by atoms with van der Waals surface area (Å²) in [5.41, 5.74) is 5.98. The summed E-state index contributed by atoms with van der Waals surface area (Å²) in [6, 6.07) is 24.8. The van der Waals surface area contributed by atoms with Crippen LogP contribution in [0, 0.1) is 0 Å². The zero-order valence-corrected chi connectivity index (χ0v) is 20.0. The van der Waals surface area contributed by atoms with Gasteiger partial charge < -0.3 is 10.3 Å². The fourth-order valence-corrected chi connectivity index (χ4v) is 4.67. The maximum atomic E-state index is 13.1. The number of hydrogen-bond acceptors (Lipinski definition) is 1. The van der Waals surface area contributed by atoms with Crippen molar-refractivity contribution < 1.29 is 4.79 Å². The zero-order chi connectivity index (χ0) is 23.2. The van der Waals surface area contributed by atoms with Crippen molar-refractivity contribution in [1.82, 2.24) is 10.3 Å². The number of aromatic nitrogens is 1. The van der Waals surface area contributed by atoms with Crippen LogP contribution in [0.5, 0.6) is 0 Å². The van der Waals surface area contributed by atoms with Gasteiger partial charge in [-0.2, -0.15) is 0 Å². The van der Waals surface area contributed by atoms with Gasteiger partial charge in [-0.05, 0) is 60.6 Å². The highest BCUT2D eigenvalue weighted by Crippen LogP contribution is 2.35. The van der Waals surface area contributed by atoms with E-state index >= 15 is 0 Å². The lowest BCUT2D eigenvalue weighted by molar-refractivity contribution is -0.121. The molecular weight excluding hydrogens is 428 g/mol. The molecule has 0 aliphatic carbocycles. The summed E-state index contributed by atoms with van der Waals surface area (Å²) in [7, 11) is 0. The molecule has 0 aliphatic heterocycles. The molecule has 0 unspecified atom stereocenters. The number of para-hydroxylation sites is 1. The van der Waals surface area contributed by atoms with E-state index in [1.807, 2.05) is 30.3 Å². The monoisotopic (exact) mass is 458 g/mol. The van der Waals surface area contributed by atoms with Crippen molar-refractivity contribution in [2.75, 3.05) is 0 Å². The third-order valence-electron chi connectivity index (χ3n) is 6.37. The number of carbonyl (C=O) groups is 1. The maximum Gasteiger partial charge on any atom is 0.221 e. The molecule has 1 aromatic heterocycles. The van der Waals surface area contributed by atoms with Crippen molar-refractivity contribution in [1.29, 1.82) is 0 Å². The van der Waals surface area contributed by atoms with Crippen molar-refractivity contribution in [3.63, 3.8) is 0 Å². The smallest absolute Gasteiger partial charge is 0.221 e. The van der Waals surface area contributed by atoms with Gasteiger partial charge in [0.15, 0.2) is 0 Å². The first-order valence-electron chi connectivity index (χ1n) is 11.7. The van der Waals surface area contributed by atoms with Gasteiger partial charge in [0.2, 0.25) is 5.91 Å². The number of fused-ring (bicyclic) bond motifs is 1. The number of carbonyl (C=O) groups excluding carboxylic acids is 1. The van der Waals surface area contributed by atoms with Crippen molar-refractivity contribution in [3.05, 3.63) is 106 Å². The summed E-state index contributed by atoms with van der Waals surface area (Å²) >= 11 is 6.15. The molecule has 3 aromatic carbocycles. The molecule has 4 heteroatoms. The molecule has 3 nitrogen and oxygen atoms in total. The number of nitrogens with one attached hydrogen (secondary N) is 2. The maximum absolute atomic E-state index is 13.1. The minimum Gasteiger partial charge on any atom is -0.361 e. The number of H-pyrrole nitrogens is 1. The highest BCUT2D eigenvalue weighted by molar-refractivity contribution is 6.30. The Balaban J connectivity index is 1.53. The molecule has 33 heavy (non-hydrogen) atoms. The summed E-state index contributed by atoms with van der Waals surface area (Å²) in [6.45, 7) is 4.24. The minimum absolute atomic E-state index is 0.0514. The summed E-state index contributed by atoms with van der Waals surface area (Å²) in [6.07, 6.45) is 5.28. The molecule has 2 atom stereocenters. The molecular formula is C29H31ClN2O. The minimum atomic E-state index is -0.0514. The van der Waals surface area contributed by atoms with E-state index in [9.17, 15) is 4.79 Å². The van der Waals surface area contributed by atoms with E-state index in [0.29, 0.717) is 11.4 Å². The summed E-state index contributed by atoms with van der Waals surface area (Å²) in [5.74, 6) is 0.0148. The standard InChI is InChI=1S/C29H31ClN2O/c1-3-22-10-7-11-25-27(19-31-29(22)25)26(23-14-16-24(30)17-15-23)18-28(33)32-20(2)12-13-21-8-5-4-6-9-21/h4-11,14-17,19-20,26,31H,3,12-13,18H2,1-2H3,(H,32,33)/t20-,26+/m0/s1. The van der Waals surface area contributed by atoms with Gasteiger partial charge in [-0.15, -0.1) is 0 Å². The van der Waals surface area contributed by atoms with Crippen LogP contribution in [0.15, 0.2) is 79.0 Å². The van der Waals surface area contributed by atoms with Gasteiger partial charge in [0, 0.05) is 40.5 Å². The Kier molecular flexibility index (Phi) is 7.51. The Hall–Kier alpha value is -3.04. The van der Waals surface area contributed by atoms with Gasteiger partial charge in [-0.25, -0.2) is 0 Å². The molecule has 1 heterocycles. The summed E-state index contributed by atoms with van der Waals surface area (Å²) < 4.78 is 0. The van der Waals surface area contributed by atoms with Crippen LogP contribution in [0.4, 0.5) is 0 Å². The van der Waals surface area contributed by atoms with Crippen molar-refractivity contribution in [2.45, 2.75) is 51.5 Å². The number of aromatic amines is 1. The van der Waals surface area contributed by atoms with Crippen LogP contribution < -0.4 is 5.32 Å². The van der Waals surface area contributed by atoms with Crippen LogP contribution >= 0.6 is 11.6 Å². The van der Waals surface area contributed by atoms with Crippen LogP contribution in [0.1, 0.15) is 54.9 Å². The number of amides is 1. The number of aryl methyl sites for hydroxylation is 2. The van der Waals surface area contributed by atoms with E-state index in [4.69, 9.17) is 11.6 Å². The molecule has 2 N–H and O–H groups in total. The summed E-state index contributed by atoms with van der Waals surface area (Å²) in [4.78, 5) is 16.6. The first-order chi connectivity index (χ1) is 16.0. The molecule has 0 saturated carbocycles. The third kappa shape index (κ3) is 5.66. The number of hydrogen-bond donors (Lipinski definition) is 2. The van der Waals surface area contributed by atoms with Crippen molar-refractivity contribution in [3.8, 4) is 0 Å². The van der Waals surface area contributed by atoms with E-state index in [1.165, 1.54) is 16.5 Å². The Morgan fingerprint density at radius 1 is 1.00 bits per heavy atom. The largest absolute Gasteiger partial charge is 0.361 e. The van der Waals surface area contributed by atoms with Gasteiger partial charge in [0.05, 0.1) is 0 Å². The molecule has 0 fully saturated rings. The molecule has 0 bridgehead atoms. The average molecular weight is 459 g/mol. The van der Waals surface area contributed by atoms with Gasteiger partial charge in [0.1, 0.15) is 0 Å². The Morgan fingerprint density at radius 2 is 1.76 bits per heavy atom. The predicted molar refractivity (Wildman–Crippen MR) is 138 cm³/mol. The quantitative estimate of drug-likeness (QED) is 0.277. The normalized spacial score (nSPS) is 13.1. The summed E-state index contributed by atoms with van der Waals surface area (Å²) in [5, 5.41) is 5.10. The molecule has 0 aliphatic rings. The van der Waals surface area contributed by atoms with Crippen molar-refractivity contribution in [2.24, 2.45) is 0 Å². The molecule has 4 rings (SSSR count). The highest BCUT2D eigenvalue weighted by Gasteiger charge is 2.23. The van der Waals surface area contributed by atoms with Crippen molar-refractivity contribution >= 4 is 28.4 Å². The van der Waals surface area contributed by atoms with E-state index in [1.54, 1.807) is 0 Å². The topological polar surface area (TPSA) is 44.9 Å². The molecule has 170 valence electrons. The van der Waals surface area contributed by atoms with E-state index in [-0.39, 0.29) is 17.9 Å². The highest BCUT2D eigenvalue weighted by atomic mass is 35.5. The fourth-order valence-electron chi connectivity index (χ4n) is 4.54. The van der Waals surface area contributed by atoms with Gasteiger partial charge >= 0.3 is 0 Å². The third-order valence-corrected chi connectivity index (χ3v) is 6.62. The van der Waals surface area contributed by atoms with Crippen LogP contribution in [-0.2, 0) is 17.6 Å². The molecule has 0 spiro atoms. The van der Waals surface area contributed by atoms with E-state index in [0.717, 1.165) is 35.9 Å². The lowest BCUT2D eigenvalue weighted by atomic mass is 9.87.